The van der Waals surface area contributed by atoms with Gasteiger partial charge in [-0.05, 0) is 28.3 Å². The Morgan fingerprint density at radius 1 is 0.875 bits per heavy atom. The van der Waals surface area contributed by atoms with Gasteiger partial charge < -0.3 is 4.43 Å². The first-order chi connectivity index (χ1) is 11.5. The molecule has 1 nitrogen and oxygen atoms in total. The van der Waals surface area contributed by atoms with Crippen LogP contribution in [0.4, 0.5) is 0 Å². The number of rotatable bonds is 4. The first-order valence-corrected chi connectivity index (χ1v) is 11.8. The highest BCUT2D eigenvalue weighted by atomic mass is 32.2. The van der Waals surface area contributed by atoms with Crippen LogP contribution < -0.4 is 10.4 Å². The maximum absolute atomic E-state index is 7.21. The molecule has 3 atom stereocenters. The quantitative estimate of drug-likeness (QED) is 0.601. The second-order valence-corrected chi connectivity index (χ2v) is 13.7. The Labute approximate surface area is 151 Å². The molecule has 1 saturated carbocycles. The van der Waals surface area contributed by atoms with Crippen molar-refractivity contribution < 1.29 is 4.43 Å². The molecule has 1 heterocycles. The zero-order valence-corrected chi connectivity index (χ0v) is 16.6. The number of thioether (sulfide) groups is 1. The summed E-state index contributed by atoms with van der Waals surface area (Å²) in [5.41, 5.74) is 0. The fraction of sp³-hybridized carbons (Fsp3) is 0.429. The SMILES string of the molecule is CC(C)(C)[Si](O[C@@H]1CC[C@H]2S[C@@H]12)(c1ccccc1)c1ccccc1. The summed E-state index contributed by atoms with van der Waals surface area (Å²) < 4.78 is 7.21. The Hall–Kier alpha value is -1.03. The lowest BCUT2D eigenvalue weighted by atomic mass is 10.2. The molecule has 0 radical (unpaired) electrons. The van der Waals surface area contributed by atoms with Gasteiger partial charge in [-0.15, -0.1) is 0 Å². The van der Waals surface area contributed by atoms with Crippen molar-refractivity contribution in [1.82, 2.24) is 0 Å². The average molecular weight is 355 g/mol. The Morgan fingerprint density at radius 3 is 1.79 bits per heavy atom. The molecule has 0 amide bonds. The smallest absolute Gasteiger partial charge is 0.261 e. The van der Waals surface area contributed by atoms with Crippen molar-refractivity contribution in [2.75, 3.05) is 0 Å². The summed E-state index contributed by atoms with van der Waals surface area (Å²) in [6.07, 6.45) is 2.98. The van der Waals surface area contributed by atoms with E-state index in [0.717, 1.165) is 10.5 Å². The summed E-state index contributed by atoms with van der Waals surface area (Å²) in [5, 5.41) is 4.50. The van der Waals surface area contributed by atoms with Gasteiger partial charge in [0.1, 0.15) is 0 Å². The van der Waals surface area contributed by atoms with Gasteiger partial charge in [-0.3, -0.25) is 0 Å². The molecule has 2 aliphatic rings. The van der Waals surface area contributed by atoms with Gasteiger partial charge in [0.25, 0.3) is 8.32 Å². The molecule has 0 unspecified atom stereocenters. The second kappa shape index (κ2) is 6.05. The minimum Gasteiger partial charge on any atom is -0.403 e. The lowest BCUT2D eigenvalue weighted by Crippen LogP contribution is -2.67. The standard InChI is InChI=1S/C21H26OSSi/c1-21(2,3)24(16-10-6-4-7-11-16,17-12-8-5-9-13-17)22-18-14-15-19-20(18)23-19/h4-13,18-20H,14-15H2,1-3H3/t18-,19-,20+/m1/s1. The highest BCUT2D eigenvalue weighted by Gasteiger charge is 2.57. The fourth-order valence-electron chi connectivity index (χ4n) is 4.25. The molecule has 1 saturated heterocycles. The van der Waals surface area contributed by atoms with Crippen LogP contribution in [0.25, 0.3) is 0 Å². The van der Waals surface area contributed by atoms with Crippen molar-refractivity contribution in [3.63, 3.8) is 0 Å². The number of hydrogen-bond donors (Lipinski definition) is 0. The third-order valence-corrected chi connectivity index (χ3v) is 12.0. The van der Waals surface area contributed by atoms with Crippen LogP contribution in [0.5, 0.6) is 0 Å². The molecule has 1 aliphatic heterocycles. The van der Waals surface area contributed by atoms with Crippen LogP contribution in [-0.4, -0.2) is 24.9 Å². The van der Waals surface area contributed by atoms with Crippen LogP contribution >= 0.6 is 11.8 Å². The largest absolute Gasteiger partial charge is 0.403 e. The third-order valence-electron chi connectivity index (χ3n) is 5.47. The second-order valence-electron chi connectivity index (χ2n) is 8.04. The zero-order valence-electron chi connectivity index (χ0n) is 14.7. The number of benzene rings is 2. The summed E-state index contributed by atoms with van der Waals surface area (Å²) in [4.78, 5) is 0. The maximum atomic E-state index is 7.21. The van der Waals surface area contributed by atoms with Crippen molar-refractivity contribution in [3.8, 4) is 0 Å². The van der Waals surface area contributed by atoms with E-state index in [1.807, 2.05) is 0 Å². The lowest BCUT2D eigenvalue weighted by molar-refractivity contribution is 0.203. The van der Waals surface area contributed by atoms with Gasteiger partial charge in [0.2, 0.25) is 0 Å². The highest BCUT2D eigenvalue weighted by Crippen LogP contribution is 2.55. The molecule has 3 heteroatoms. The molecule has 0 N–H and O–H groups in total. The van der Waals surface area contributed by atoms with Crippen LogP contribution in [-0.2, 0) is 4.43 Å². The monoisotopic (exact) mass is 354 g/mol. The number of fused-ring (bicyclic) bond motifs is 1. The van der Waals surface area contributed by atoms with E-state index in [4.69, 9.17) is 4.43 Å². The maximum Gasteiger partial charge on any atom is 0.261 e. The summed E-state index contributed by atoms with van der Waals surface area (Å²) in [7, 11) is -2.34. The molecular formula is C21H26OSSi. The van der Waals surface area contributed by atoms with Crippen molar-refractivity contribution in [1.29, 1.82) is 0 Å². The molecule has 2 aromatic carbocycles. The van der Waals surface area contributed by atoms with Gasteiger partial charge in [0.05, 0.1) is 6.10 Å². The Balaban J connectivity index is 1.85. The van der Waals surface area contributed by atoms with E-state index >= 15 is 0 Å². The molecule has 0 spiro atoms. The summed E-state index contributed by atoms with van der Waals surface area (Å²) >= 11 is 2.13. The van der Waals surface area contributed by atoms with Crippen LogP contribution in [0.3, 0.4) is 0 Å². The van der Waals surface area contributed by atoms with E-state index in [9.17, 15) is 0 Å². The average Bonchev–Trinajstić information content (AvgIpc) is 3.27. The predicted octanol–water partition coefficient (Wildman–Crippen LogP) is 4.21. The lowest BCUT2D eigenvalue weighted by Gasteiger charge is -2.45. The number of hydrogen-bond acceptors (Lipinski definition) is 2. The third kappa shape index (κ3) is 2.67. The van der Waals surface area contributed by atoms with Crippen molar-refractivity contribution in [2.45, 2.75) is 55.3 Å². The topological polar surface area (TPSA) is 9.23 Å². The van der Waals surface area contributed by atoms with E-state index < -0.39 is 8.32 Å². The highest BCUT2D eigenvalue weighted by molar-refractivity contribution is 8.07. The van der Waals surface area contributed by atoms with Crippen molar-refractivity contribution in [3.05, 3.63) is 60.7 Å². The van der Waals surface area contributed by atoms with E-state index in [0.29, 0.717) is 6.10 Å². The Morgan fingerprint density at radius 2 is 1.42 bits per heavy atom. The normalized spacial score (nSPS) is 26.2. The van der Waals surface area contributed by atoms with Crippen molar-refractivity contribution >= 4 is 30.5 Å². The van der Waals surface area contributed by atoms with Crippen LogP contribution in [0, 0.1) is 0 Å². The van der Waals surface area contributed by atoms with E-state index in [1.54, 1.807) is 0 Å². The predicted molar refractivity (Wildman–Crippen MR) is 107 cm³/mol. The summed E-state index contributed by atoms with van der Waals surface area (Å²) in [6.45, 7) is 7.10. The van der Waals surface area contributed by atoms with Crippen molar-refractivity contribution in [2.24, 2.45) is 0 Å². The van der Waals surface area contributed by atoms with Gasteiger partial charge in [0.15, 0.2) is 0 Å². The first kappa shape index (κ1) is 16.4. The summed E-state index contributed by atoms with van der Waals surface area (Å²) in [5.74, 6) is 0. The summed E-state index contributed by atoms with van der Waals surface area (Å²) in [6, 6.07) is 22.0. The van der Waals surface area contributed by atoms with Crippen LogP contribution in [0.1, 0.15) is 33.6 Å². The molecule has 24 heavy (non-hydrogen) atoms. The molecule has 4 rings (SSSR count). The van der Waals surface area contributed by atoms with Crippen LogP contribution in [0.2, 0.25) is 5.04 Å². The molecular weight excluding hydrogens is 328 g/mol. The van der Waals surface area contributed by atoms with Crippen LogP contribution in [0.15, 0.2) is 60.7 Å². The van der Waals surface area contributed by atoms with Gasteiger partial charge in [-0.2, -0.15) is 11.8 Å². The first-order valence-electron chi connectivity index (χ1n) is 8.97. The molecule has 2 fully saturated rings. The minimum atomic E-state index is -2.34. The van der Waals surface area contributed by atoms with E-state index in [1.165, 1.54) is 23.2 Å². The van der Waals surface area contributed by atoms with Gasteiger partial charge in [0, 0.05) is 10.5 Å². The molecule has 126 valence electrons. The fourth-order valence-corrected chi connectivity index (χ4v) is 10.3. The molecule has 2 aromatic rings. The van der Waals surface area contributed by atoms with Gasteiger partial charge in [-0.1, -0.05) is 81.4 Å². The van der Waals surface area contributed by atoms with Gasteiger partial charge >= 0.3 is 0 Å². The minimum absolute atomic E-state index is 0.0906. The molecule has 0 aromatic heterocycles. The molecule has 0 bridgehead atoms. The Bertz CT molecular complexity index is 655. The van der Waals surface area contributed by atoms with E-state index in [2.05, 4.69) is 93.2 Å². The zero-order chi connectivity index (χ0) is 16.8. The molecule has 1 aliphatic carbocycles. The Kier molecular flexibility index (Phi) is 4.14. The van der Waals surface area contributed by atoms with Gasteiger partial charge in [-0.25, -0.2) is 0 Å². The van der Waals surface area contributed by atoms with E-state index in [-0.39, 0.29) is 5.04 Å².